The van der Waals surface area contributed by atoms with Crippen LogP contribution in [0.4, 0.5) is 0 Å². The summed E-state index contributed by atoms with van der Waals surface area (Å²) in [5.74, 6) is -0.711. The molecule has 0 heterocycles. The van der Waals surface area contributed by atoms with Crippen LogP contribution in [0.2, 0.25) is 0 Å². The molecule has 0 spiro atoms. The molecule has 0 saturated carbocycles. The van der Waals surface area contributed by atoms with Gasteiger partial charge >= 0.3 is 5.97 Å². The molecule has 0 radical (unpaired) electrons. The maximum absolute atomic E-state index is 9.94. The van der Waals surface area contributed by atoms with Crippen molar-refractivity contribution in [2.45, 2.75) is 19.3 Å². The molecule has 0 atom stereocenters. The molecule has 0 aromatic heterocycles. The predicted octanol–water partition coefficient (Wildman–Crippen LogP) is 2.19. The Hall–Kier alpha value is -0.0600. The quantitative estimate of drug-likeness (QED) is 0.604. The van der Waals surface area contributed by atoms with Crippen molar-refractivity contribution in [3.63, 3.8) is 0 Å². The lowest BCUT2D eigenvalue weighted by Gasteiger charge is -1.87. The zero-order valence-electron chi connectivity index (χ0n) is 5.01. The Morgan fingerprint density at radius 2 is 2.33 bits per heavy atom. The van der Waals surface area contributed by atoms with E-state index in [0.29, 0.717) is 0 Å². The summed E-state index contributed by atoms with van der Waals surface area (Å²) < 4.78 is 1.90. The minimum atomic E-state index is -0.711. The van der Waals surface area contributed by atoms with E-state index in [1.54, 1.807) is 0 Å². The van der Waals surface area contributed by atoms with Gasteiger partial charge in [0, 0.05) is 6.42 Å². The van der Waals surface area contributed by atoms with Crippen LogP contribution in [-0.2, 0) is 4.79 Å². The topological polar surface area (TPSA) is 37.3 Å². The van der Waals surface area contributed by atoms with Crippen molar-refractivity contribution < 1.29 is 9.90 Å². The highest BCUT2D eigenvalue weighted by molar-refractivity contribution is 14.1. The van der Waals surface area contributed by atoms with Gasteiger partial charge in [-0.1, -0.05) is 28.7 Å². The van der Waals surface area contributed by atoms with Crippen LogP contribution in [-0.4, -0.2) is 11.1 Å². The molecule has 0 aliphatic heterocycles. The number of hydrogen-bond acceptors (Lipinski definition) is 1. The van der Waals surface area contributed by atoms with Gasteiger partial charge in [0.2, 0.25) is 0 Å². The van der Waals surface area contributed by atoms with E-state index in [1.165, 1.54) is 0 Å². The minimum Gasteiger partial charge on any atom is -0.481 e. The summed E-state index contributed by atoms with van der Waals surface area (Å²) in [5, 5.41) is 8.19. The Bertz CT molecular complexity index is 110. The van der Waals surface area contributed by atoms with Gasteiger partial charge in [0.05, 0.1) is 0 Å². The molecule has 0 aromatic rings. The summed E-state index contributed by atoms with van der Waals surface area (Å²) >= 11 is 2.12. The fraction of sp³-hybridized carbons (Fsp3) is 0.500. The van der Waals surface area contributed by atoms with Crippen molar-refractivity contribution in [1.29, 1.82) is 0 Å². The highest BCUT2D eigenvalue weighted by atomic mass is 127. The van der Waals surface area contributed by atoms with Crippen molar-refractivity contribution in [3.8, 4) is 0 Å². The summed E-state index contributed by atoms with van der Waals surface area (Å²) in [7, 11) is 0. The van der Waals surface area contributed by atoms with Crippen LogP contribution in [0.15, 0.2) is 10.2 Å². The van der Waals surface area contributed by atoms with E-state index in [4.69, 9.17) is 5.11 Å². The minimum absolute atomic E-state index is 0.279. The maximum atomic E-state index is 9.94. The van der Waals surface area contributed by atoms with E-state index in [-0.39, 0.29) is 6.42 Å². The van der Waals surface area contributed by atoms with E-state index in [9.17, 15) is 4.79 Å². The highest BCUT2D eigenvalue weighted by Crippen LogP contribution is 1.97. The lowest BCUT2D eigenvalue weighted by atomic mass is 10.2. The van der Waals surface area contributed by atoms with Crippen molar-refractivity contribution in [1.82, 2.24) is 0 Å². The molecule has 0 bridgehead atoms. The summed E-state index contributed by atoms with van der Waals surface area (Å²) in [6.45, 7) is 0. The smallest absolute Gasteiger partial charge is 0.303 e. The van der Waals surface area contributed by atoms with Crippen molar-refractivity contribution in [2.24, 2.45) is 0 Å². The molecular formula is C6H9IO2. The van der Waals surface area contributed by atoms with Gasteiger partial charge in [-0.05, 0) is 16.9 Å². The fourth-order valence-corrected chi connectivity index (χ4v) is 0.794. The molecule has 52 valence electrons. The molecule has 2 nitrogen and oxygen atoms in total. The number of allylic oxidation sites excluding steroid dienone is 1. The first-order valence-electron chi connectivity index (χ1n) is 2.74. The van der Waals surface area contributed by atoms with Gasteiger partial charge in [-0.2, -0.15) is 0 Å². The van der Waals surface area contributed by atoms with Crippen LogP contribution in [0.5, 0.6) is 0 Å². The Kier molecular flexibility index (Phi) is 6.03. The maximum Gasteiger partial charge on any atom is 0.303 e. The molecule has 0 rings (SSSR count). The molecule has 0 aliphatic rings. The van der Waals surface area contributed by atoms with Gasteiger partial charge in [0.1, 0.15) is 0 Å². The first kappa shape index (κ1) is 8.94. The largest absolute Gasteiger partial charge is 0.481 e. The van der Waals surface area contributed by atoms with E-state index < -0.39 is 5.97 Å². The second-order valence-electron chi connectivity index (χ2n) is 1.65. The molecule has 0 unspecified atom stereocenters. The number of halogens is 1. The Morgan fingerprint density at radius 3 is 2.78 bits per heavy atom. The third-order valence-electron chi connectivity index (χ3n) is 0.851. The number of carboxylic acid groups (broad SMARTS) is 1. The van der Waals surface area contributed by atoms with E-state index in [2.05, 4.69) is 22.6 Å². The van der Waals surface area contributed by atoms with Gasteiger partial charge in [0.25, 0.3) is 0 Å². The van der Waals surface area contributed by atoms with E-state index in [1.807, 2.05) is 10.2 Å². The van der Waals surface area contributed by atoms with Gasteiger partial charge in [-0.25, -0.2) is 0 Å². The summed E-state index contributed by atoms with van der Waals surface area (Å²) in [6, 6.07) is 0. The van der Waals surface area contributed by atoms with Crippen LogP contribution < -0.4 is 0 Å². The third kappa shape index (κ3) is 7.94. The fourth-order valence-electron chi connectivity index (χ4n) is 0.434. The number of aliphatic carboxylic acids is 1. The zero-order valence-corrected chi connectivity index (χ0v) is 7.17. The first-order valence-corrected chi connectivity index (χ1v) is 3.99. The van der Waals surface area contributed by atoms with Crippen molar-refractivity contribution in [2.75, 3.05) is 0 Å². The normalized spacial score (nSPS) is 10.3. The van der Waals surface area contributed by atoms with E-state index >= 15 is 0 Å². The monoisotopic (exact) mass is 240 g/mol. The number of unbranched alkanes of at least 4 members (excludes halogenated alkanes) is 1. The van der Waals surface area contributed by atoms with Crippen LogP contribution in [0.3, 0.4) is 0 Å². The lowest BCUT2D eigenvalue weighted by molar-refractivity contribution is -0.137. The number of rotatable bonds is 4. The highest BCUT2D eigenvalue weighted by Gasteiger charge is 1.92. The molecular weight excluding hydrogens is 231 g/mol. The van der Waals surface area contributed by atoms with Crippen molar-refractivity contribution >= 4 is 28.6 Å². The number of hydrogen-bond donors (Lipinski definition) is 1. The Morgan fingerprint density at radius 1 is 1.67 bits per heavy atom. The van der Waals surface area contributed by atoms with Crippen LogP contribution in [0.1, 0.15) is 19.3 Å². The average molecular weight is 240 g/mol. The standard InChI is InChI=1S/C6H9IO2/c7-5-3-1-2-4-6(8)9/h3,5H,1-2,4H2,(H,8,9)/b5-3+. The molecule has 3 heteroatoms. The third-order valence-corrected chi connectivity index (χ3v) is 1.36. The molecule has 0 fully saturated rings. The molecule has 0 amide bonds. The summed E-state index contributed by atoms with van der Waals surface area (Å²) in [4.78, 5) is 9.94. The SMILES string of the molecule is O=C(O)CCC/C=C/I. The second-order valence-corrected chi connectivity index (χ2v) is 2.37. The Balaban J connectivity index is 3.01. The molecule has 0 aliphatic carbocycles. The lowest BCUT2D eigenvalue weighted by Crippen LogP contribution is -1.92. The molecule has 1 N–H and O–H groups in total. The van der Waals surface area contributed by atoms with E-state index in [0.717, 1.165) is 12.8 Å². The molecule has 9 heavy (non-hydrogen) atoms. The average Bonchev–Trinajstić information content (AvgIpc) is 1.80. The first-order chi connectivity index (χ1) is 4.27. The number of carbonyl (C=O) groups is 1. The summed E-state index contributed by atoms with van der Waals surface area (Å²) in [6.07, 6.45) is 3.86. The van der Waals surface area contributed by atoms with Crippen LogP contribution >= 0.6 is 22.6 Å². The van der Waals surface area contributed by atoms with Crippen molar-refractivity contribution in [3.05, 3.63) is 10.2 Å². The molecule has 0 saturated heterocycles. The Labute approximate surface area is 68.1 Å². The van der Waals surface area contributed by atoms with Gasteiger partial charge in [-0.15, -0.1) is 0 Å². The van der Waals surface area contributed by atoms with Crippen LogP contribution in [0, 0.1) is 0 Å². The zero-order chi connectivity index (χ0) is 7.11. The van der Waals surface area contributed by atoms with Gasteiger partial charge < -0.3 is 5.11 Å². The van der Waals surface area contributed by atoms with Gasteiger partial charge in [0.15, 0.2) is 0 Å². The van der Waals surface area contributed by atoms with Gasteiger partial charge in [-0.3, -0.25) is 4.79 Å². The summed E-state index contributed by atoms with van der Waals surface area (Å²) in [5.41, 5.74) is 0. The predicted molar refractivity (Wildman–Crippen MR) is 44.6 cm³/mol. The molecule has 0 aromatic carbocycles. The second kappa shape index (κ2) is 6.07. The number of carboxylic acids is 1. The van der Waals surface area contributed by atoms with Crippen LogP contribution in [0.25, 0.3) is 0 Å².